The van der Waals surface area contributed by atoms with Gasteiger partial charge in [-0.15, -0.1) is 0 Å². The Morgan fingerprint density at radius 1 is 1.18 bits per heavy atom. The number of nitrogens with zero attached hydrogens (tertiary/aromatic N) is 2. The molecule has 2 aromatic carbocycles. The van der Waals surface area contributed by atoms with Crippen LogP contribution in [0.25, 0.3) is 0 Å². The molecule has 0 bridgehead atoms. The fourth-order valence-corrected chi connectivity index (χ4v) is 6.43. The van der Waals surface area contributed by atoms with Crippen LogP contribution >= 0.6 is 0 Å². The molecule has 9 heteroatoms. The van der Waals surface area contributed by atoms with Gasteiger partial charge in [0.05, 0.1) is 23.1 Å². The van der Waals surface area contributed by atoms with E-state index in [1.54, 1.807) is 35.2 Å². The first-order valence-corrected chi connectivity index (χ1v) is 13.1. The Morgan fingerprint density at radius 2 is 1.94 bits per heavy atom. The van der Waals surface area contributed by atoms with E-state index in [2.05, 4.69) is 5.32 Å². The van der Waals surface area contributed by atoms with Crippen LogP contribution in [-0.4, -0.2) is 50.3 Å². The molecule has 2 aromatic rings. The number of piperidine rings is 1. The van der Waals surface area contributed by atoms with Gasteiger partial charge in [-0.2, -0.15) is 4.31 Å². The van der Waals surface area contributed by atoms with Crippen molar-refractivity contribution in [2.24, 2.45) is 5.92 Å². The lowest BCUT2D eigenvalue weighted by Crippen LogP contribution is -2.43. The van der Waals surface area contributed by atoms with Gasteiger partial charge < -0.3 is 15.0 Å². The van der Waals surface area contributed by atoms with Gasteiger partial charge in [0.25, 0.3) is 0 Å². The van der Waals surface area contributed by atoms with Crippen molar-refractivity contribution in [1.82, 2.24) is 4.31 Å². The fourth-order valence-electron chi connectivity index (χ4n) is 4.86. The molecule has 1 saturated heterocycles. The number of amides is 2. The van der Waals surface area contributed by atoms with Gasteiger partial charge in [0.15, 0.2) is 0 Å². The molecule has 8 nitrogen and oxygen atoms in total. The number of carbonyl (C=O) groups excluding carboxylic acids is 2. The number of fused-ring (bicyclic) bond motifs is 1. The Labute approximate surface area is 200 Å². The highest BCUT2D eigenvalue weighted by Gasteiger charge is 2.35. The lowest BCUT2D eigenvalue weighted by atomic mass is 9.98. The molecule has 2 aliphatic rings. The van der Waals surface area contributed by atoms with Crippen molar-refractivity contribution in [3.63, 3.8) is 0 Å². The molecule has 2 aliphatic heterocycles. The molecule has 2 heterocycles. The summed E-state index contributed by atoms with van der Waals surface area (Å²) < 4.78 is 33.9. The maximum absolute atomic E-state index is 13.4. The van der Waals surface area contributed by atoms with Crippen LogP contribution in [0.2, 0.25) is 0 Å². The summed E-state index contributed by atoms with van der Waals surface area (Å²) >= 11 is 0. The number of hydrogen-bond acceptors (Lipinski definition) is 5. The largest absolute Gasteiger partial charge is 0.492 e. The van der Waals surface area contributed by atoms with Crippen molar-refractivity contribution >= 4 is 33.2 Å². The third kappa shape index (κ3) is 4.67. The van der Waals surface area contributed by atoms with Gasteiger partial charge in [-0.05, 0) is 69.0 Å². The van der Waals surface area contributed by atoms with E-state index in [1.165, 1.54) is 11.2 Å². The van der Waals surface area contributed by atoms with E-state index in [4.69, 9.17) is 4.74 Å². The van der Waals surface area contributed by atoms with Crippen molar-refractivity contribution in [3.05, 3.63) is 48.0 Å². The zero-order valence-corrected chi connectivity index (χ0v) is 20.6. The van der Waals surface area contributed by atoms with E-state index in [0.29, 0.717) is 43.9 Å². The molecular formula is C25H31N3O5S. The Hall–Kier alpha value is -2.91. The van der Waals surface area contributed by atoms with Gasteiger partial charge >= 0.3 is 0 Å². The summed E-state index contributed by atoms with van der Waals surface area (Å²) in [5.74, 6) is -0.143. The maximum Gasteiger partial charge on any atom is 0.243 e. The van der Waals surface area contributed by atoms with E-state index >= 15 is 0 Å². The summed E-state index contributed by atoms with van der Waals surface area (Å²) in [6.45, 7) is 6.31. The van der Waals surface area contributed by atoms with Crippen LogP contribution in [0.3, 0.4) is 0 Å². The van der Waals surface area contributed by atoms with Crippen LogP contribution in [0.1, 0.15) is 39.2 Å². The van der Waals surface area contributed by atoms with Crippen molar-refractivity contribution in [2.45, 2.75) is 51.0 Å². The Bertz CT molecular complexity index is 1200. The van der Waals surface area contributed by atoms with Gasteiger partial charge in [0, 0.05) is 31.7 Å². The molecule has 182 valence electrons. The predicted molar refractivity (Wildman–Crippen MR) is 130 cm³/mol. The highest BCUT2D eigenvalue weighted by Crippen LogP contribution is 2.35. The minimum absolute atomic E-state index is 0.00641. The summed E-state index contributed by atoms with van der Waals surface area (Å²) in [6, 6.07) is 12.2. The van der Waals surface area contributed by atoms with Crippen LogP contribution in [0.5, 0.6) is 5.75 Å². The van der Waals surface area contributed by atoms with Gasteiger partial charge in [0.1, 0.15) is 5.75 Å². The Morgan fingerprint density at radius 3 is 2.68 bits per heavy atom. The molecule has 0 saturated carbocycles. The number of nitrogens with one attached hydrogen (secondary N) is 1. The molecule has 1 N–H and O–H groups in total. The Kier molecular flexibility index (Phi) is 6.95. The smallest absolute Gasteiger partial charge is 0.243 e. The molecule has 0 aromatic heterocycles. The predicted octanol–water partition coefficient (Wildman–Crippen LogP) is 3.42. The average molecular weight is 486 g/mol. The van der Waals surface area contributed by atoms with Crippen LogP contribution in [0.15, 0.2) is 47.4 Å². The number of anilines is 2. The van der Waals surface area contributed by atoms with Gasteiger partial charge in [0.2, 0.25) is 21.8 Å². The average Bonchev–Trinajstić information content (AvgIpc) is 3.15. The second-order valence-electron chi connectivity index (χ2n) is 8.85. The summed E-state index contributed by atoms with van der Waals surface area (Å²) in [4.78, 5) is 26.9. The second kappa shape index (κ2) is 9.76. The third-order valence-electron chi connectivity index (χ3n) is 6.44. The number of rotatable bonds is 6. The third-order valence-corrected chi connectivity index (χ3v) is 8.30. The summed E-state index contributed by atoms with van der Waals surface area (Å²) in [7, 11) is -3.77. The molecule has 4 rings (SSSR count). The van der Waals surface area contributed by atoms with E-state index in [1.807, 2.05) is 26.0 Å². The number of benzene rings is 2. The normalized spacial score (nSPS) is 20.6. The molecule has 1 fully saturated rings. The maximum atomic E-state index is 13.4. The first-order chi connectivity index (χ1) is 16.2. The second-order valence-corrected chi connectivity index (χ2v) is 10.8. The van der Waals surface area contributed by atoms with Crippen LogP contribution < -0.4 is 15.0 Å². The minimum atomic E-state index is -3.77. The molecule has 2 atom stereocenters. The number of sulfonamides is 1. The van der Waals surface area contributed by atoms with Crippen LogP contribution in [0.4, 0.5) is 11.4 Å². The van der Waals surface area contributed by atoms with Gasteiger partial charge in [-0.1, -0.05) is 12.1 Å². The van der Waals surface area contributed by atoms with E-state index in [0.717, 1.165) is 11.3 Å². The molecule has 0 spiro atoms. The van der Waals surface area contributed by atoms with Crippen LogP contribution in [0, 0.1) is 5.92 Å². The first-order valence-electron chi connectivity index (χ1n) is 11.7. The lowest BCUT2D eigenvalue weighted by molar-refractivity contribution is -0.121. The van der Waals surface area contributed by atoms with Gasteiger partial charge in [-0.3, -0.25) is 9.59 Å². The van der Waals surface area contributed by atoms with Crippen molar-refractivity contribution in [3.8, 4) is 5.75 Å². The number of para-hydroxylation sites is 2. The number of hydrogen-bond donors (Lipinski definition) is 1. The molecule has 34 heavy (non-hydrogen) atoms. The fraction of sp³-hybridized carbons (Fsp3) is 0.440. The Balaban J connectivity index is 1.50. The zero-order valence-electron chi connectivity index (χ0n) is 19.8. The first kappa shape index (κ1) is 24.2. The monoisotopic (exact) mass is 485 g/mol. The molecule has 0 aliphatic carbocycles. The van der Waals surface area contributed by atoms with E-state index < -0.39 is 15.9 Å². The lowest BCUT2D eigenvalue weighted by Gasteiger charge is -2.31. The standard InChI is InChI=1S/C25H31N3O5S/c1-4-33-24-10-6-5-9-22(24)26-25(30)19-8-7-13-27(16-19)34(31,32)21-11-12-23-20(15-21)14-17(2)28(23)18(3)29/h5-6,9-12,15,17,19H,4,7-8,13-14,16H2,1-3H3,(H,26,30)/t17-,19+/m1/s1. The van der Waals surface area contributed by atoms with Gasteiger partial charge in [-0.25, -0.2) is 8.42 Å². The minimum Gasteiger partial charge on any atom is -0.492 e. The van der Waals surface area contributed by atoms with Crippen molar-refractivity contribution in [1.29, 1.82) is 0 Å². The number of carbonyl (C=O) groups is 2. The summed E-state index contributed by atoms with van der Waals surface area (Å²) in [6.07, 6.45) is 1.83. The zero-order chi connectivity index (χ0) is 24.5. The molecular weight excluding hydrogens is 454 g/mol. The van der Waals surface area contributed by atoms with E-state index in [9.17, 15) is 18.0 Å². The number of ether oxygens (including phenoxy) is 1. The van der Waals surface area contributed by atoms with E-state index in [-0.39, 0.29) is 29.3 Å². The highest BCUT2D eigenvalue weighted by atomic mass is 32.2. The highest BCUT2D eigenvalue weighted by molar-refractivity contribution is 7.89. The molecule has 2 amide bonds. The van der Waals surface area contributed by atoms with Crippen LogP contribution in [-0.2, 0) is 26.0 Å². The summed E-state index contributed by atoms with van der Waals surface area (Å²) in [5.41, 5.74) is 2.20. The van der Waals surface area contributed by atoms with Crippen molar-refractivity contribution < 1.29 is 22.7 Å². The quantitative estimate of drug-likeness (QED) is 0.676. The topological polar surface area (TPSA) is 96.0 Å². The molecule has 0 unspecified atom stereocenters. The molecule has 0 radical (unpaired) electrons. The summed E-state index contributed by atoms with van der Waals surface area (Å²) in [5, 5.41) is 2.91. The SMILES string of the molecule is CCOc1ccccc1NC(=O)[C@H]1CCCN(S(=O)(=O)c2ccc3c(c2)C[C@@H](C)N3C(C)=O)C1. The van der Waals surface area contributed by atoms with Crippen molar-refractivity contribution in [2.75, 3.05) is 29.9 Å².